The minimum Gasteiger partial charge on any atom is -0.330 e. The van der Waals surface area contributed by atoms with Crippen molar-refractivity contribution in [3.05, 3.63) is 48.5 Å². The Labute approximate surface area is 158 Å². The number of hydrogen-bond acceptors (Lipinski definition) is 6. The van der Waals surface area contributed by atoms with Gasteiger partial charge in [-0.05, 0) is 24.3 Å². The zero-order valence-corrected chi connectivity index (χ0v) is 15.4. The molecule has 0 spiro atoms. The Morgan fingerprint density at radius 1 is 1.08 bits per heavy atom. The SMILES string of the molecule is O=C(CN1c2ccccc2Sc2ccccc21)NN1C(=O)CSC1=S. The fourth-order valence-corrected chi connectivity index (χ4v) is 4.79. The molecule has 2 aromatic rings. The lowest BCUT2D eigenvalue weighted by Crippen LogP contribution is -2.48. The minimum absolute atomic E-state index is 0.103. The van der Waals surface area contributed by atoms with E-state index in [0.717, 1.165) is 21.2 Å². The van der Waals surface area contributed by atoms with Crippen LogP contribution in [-0.2, 0) is 9.59 Å². The zero-order chi connectivity index (χ0) is 17.4. The summed E-state index contributed by atoms with van der Waals surface area (Å²) in [7, 11) is 0. The van der Waals surface area contributed by atoms with Crippen molar-refractivity contribution in [3.8, 4) is 0 Å². The number of fused-ring (bicyclic) bond motifs is 2. The maximum absolute atomic E-state index is 12.6. The number of anilines is 2. The van der Waals surface area contributed by atoms with E-state index in [0.29, 0.717) is 4.32 Å². The van der Waals surface area contributed by atoms with Crippen LogP contribution in [0.15, 0.2) is 58.3 Å². The second kappa shape index (κ2) is 6.70. The van der Waals surface area contributed by atoms with Gasteiger partial charge in [0.05, 0.1) is 17.1 Å². The predicted octanol–water partition coefficient (Wildman–Crippen LogP) is 3.18. The van der Waals surface area contributed by atoms with Gasteiger partial charge in [-0.2, -0.15) is 0 Å². The van der Waals surface area contributed by atoms with Crippen molar-refractivity contribution in [2.45, 2.75) is 9.79 Å². The Kier molecular flexibility index (Phi) is 4.41. The standard InChI is InChI=1S/C17H13N3O2S3/c21-15(18-20-16(22)10-24-17(20)23)9-19-11-5-1-3-7-13(11)25-14-8-4-2-6-12(14)19/h1-8H,9-10H2,(H,18,21). The van der Waals surface area contributed by atoms with Crippen LogP contribution in [0.1, 0.15) is 0 Å². The van der Waals surface area contributed by atoms with Gasteiger partial charge in [0, 0.05) is 9.79 Å². The number of nitrogens with zero attached hydrogens (tertiary/aromatic N) is 2. The van der Waals surface area contributed by atoms with Crippen LogP contribution in [0.3, 0.4) is 0 Å². The van der Waals surface area contributed by atoms with Gasteiger partial charge >= 0.3 is 0 Å². The molecule has 2 amide bonds. The Morgan fingerprint density at radius 3 is 2.24 bits per heavy atom. The van der Waals surface area contributed by atoms with Crippen molar-refractivity contribution in [1.29, 1.82) is 0 Å². The molecule has 1 fully saturated rings. The first kappa shape index (κ1) is 16.4. The van der Waals surface area contributed by atoms with Gasteiger partial charge in [-0.3, -0.25) is 15.0 Å². The number of carbonyl (C=O) groups excluding carboxylic acids is 2. The molecule has 2 aromatic carbocycles. The molecule has 2 aliphatic heterocycles. The fraction of sp³-hybridized carbons (Fsp3) is 0.118. The van der Waals surface area contributed by atoms with Crippen LogP contribution in [0.25, 0.3) is 0 Å². The molecule has 0 aliphatic carbocycles. The number of amides is 2. The summed E-state index contributed by atoms with van der Waals surface area (Å²) in [4.78, 5) is 28.5. The first-order chi connectivity index (χ1) is 12.1. The molecule has 8 heteroatoms. The third-order valence-electron chi connectivity index (χ3n) is 3.82. The summed E-state index contributed by atoms with van der Waals surface area (Å²) in [6, 6.07) is 15.9. The normalized spacial score (nSPS) is 15.8. The summed E-state index contributed by atoms with van der Waals surface area (Å²) < 4.78 is 0.383. The highest BCUT2D eigenvalue weighted by Gasteiger charge is 2.30. The molecule has 0 atom stereocenters. The Bertz CT molecular complexity index is 825. The second-order valence-electron chi connectivity index (χ2n) is 5.44. The lowest BCUT2D eigenvalue weighted by Gasteiger charge is -2.32. The van der Waals surface area contributed by atoms with Gasteiger partial charge in [0.25, 0.3) is 11.8 Å². The van der Waals surface area contributed by atoms with Gasteiger partial charge in [0.2, 0.25) is 0 Å². The molecule has 5 nitrogen and oxygen atoms in total. The third kappa shape index (κ3) is 3.12. The number of thioether (sulfide) groups is 1. The number of rotatable bonds is 3. The molecule has 126 valence electrons. The van der Waals surface area contributed by atoms with E-state index in [9.17, 15) is 9.59 Å². The Hall–Kier alpha value is -2.03. The molecule has 2 aliphatic rings. The molecule has 0 radical (unpaired) electrons. The Morgan fingerprint density at radius 2 is 1.68 bits per heavy atom. The molecule has 1 N–H and O–H groups in total. The molecule has 0 bridgehead atoms. The fourth-order valence-electron chi connectivity index (χ4n) is 2.72. The quantitative estimate of drug-likeness (QED) is 0.817. The predicted molar refractivity (Wildman–Crippen MR) is 104 cm³/mol. The number of nitrogens with one attached hydrogen (secondary N) is 1. The first-order valence-corrected chi connectivity index (χ1v) is 9.77. The number of benzene rings is 2. The van der Waals surface area contributed by atoms with Crippen molar-refractivity contribution >= 4 is 63.3 Å². The maximum atomic E-state index is 12.6. The molecular formula is C17H13N3O2S3. The number of hydrazine groups is 1. The highest BCUT2D eigenvalue weighted by atomic mass is 32.2. The topological polar surface area (TPSA) is 52.7 Å². The van der Waals surface area contributed by atoms with Crippen molar-refractivity contribution in [2.75, 3.05) is 17.2 Å². The molecular weight excluding hydrogens is 374 g/mol. The summed E-state index contributed by atoms with van der Waals surface area (Å²) in [6.07, 6.45) is 0. The van der Waals surface area contributed by atoms with E-state index in [-0.39, 0.29) is 24.1 Å². The van der Waals surface area contributed by atoms with E-state index in [4.69, 9.17) is 12.2 Å². The smallest absolute Gasteiger partial charge is 0.258 e. The van der Waals surface area contributed by atoms with E-state index in [1.807, 2.05) is 53.4 Å². The van der Waals surface area contributed by atoms with Crippen molar-refractivity contribution in [2.24, 2.45) is 0 Å². The van der Waals surface area contributed by atoms with Crippen LogP contribution in [0.5, 0.6) is 0 Å². The van der Waals surface area contributed by atoms with Gasteiger partial charge in [0.1, 0.15) is 6.54 Å². The van der Waals surface area contributed by atoms with Crippen LogP contribution in [0, 0.1) is 0 Å². The monoisotopic (exact) mass is 387 g/mol. The zero-order valence-electron chi connectivity index (χ0n) is 13.0. The van der Waals surface area contributed by atoms with Gasteiger partial charge in [-0.15, -0.1) is 0 Å². The lowest BCUT2D eigenvalue weighted by atomic mass is 10.2. The van der Waals surface area contributed by atoms with Crippen LogP contribution in [-0.4, -0.2) is 33.4 Å². The number of carbonyl (C=O) groups is 2. The van der Waals surface area contributed by atoms with Crippen LogP contribution >= 0.6 is 35.7 Å². The molecule has 2 heterocycles. The van der Waals surface area contributed by atoms with Crippen LogP contribution < -0.4 is 10.3 Å². The molecule has 0 aromatic heterocycles. The highest BCUT2D eigenvalue weighted by Crippen LogP contribution is 2.47. The minimum atomic E-state index is -0.283. The van der Waals surface area contributed by atoms with Gasteiger partial charge in [0.15, 0.2) is 4.32 Å². The number of hydrogen-bond donors (Lipinski definition) is 1. The Balaban J connectivity index is 1.61. The summed E-state index contributed by atoms with van der Waals surface area (Å²) in [5.41, 5.74) is 4.58. The molecule has 25 heavy (non-hydrogen) atoms. The average Bonchev–Trinajstić information content (AvgIpc) is 2.93. The molecule has 4 rings (SSSR count). The van der Waals surface area contributed by atoms with Gasteiger partial charge in [-0.1, -0.05) is 60.0 Å². The average molecular weight is 388 g/mol. The maximum Gasteiger partial charge on any atom is 0.258 e. The van der Waals surface area contributed by atoms with E-state index >= 15 is 0 Å². The second-order valence-corrected chi connectivity index (χ2v) is 8.14. The van der Waals surface area contributed by atoms with E-state index < -0.39 is 0 Å². The number of para-hydroxylation sites is 2. The van der Waals surface area contributed by atoms with Gasteiger partial charge < -0.3 is 4.90 Å². The molecule has 0 saturated carbocycles. The van der Waals surface area contributed by atoms with E-state index in [1.54, 1.807) is 11.8 Å². The highest BCUT2D eigenvalue weighted by molar-refractivity contribution is 8.23. The third-order valence-corrected chi connectivity index (χ3v) is 6.31. The van der Waals surface area contributed by atoms with Crippen molar-refractivity contribution in [3.63, 3.8) is 0 Å². The van der Waals surface area contributed by atoms with E-state index in [1.165, 1.54) is 16.8 Å². The van der Waals surface area contributed by atoms with E-state index in [2.05, 4.69) is 5.43 Å². The largest absolute Gasteiger partial charge is 0.330 e. The summed E-state index contributed by atoms with van der Waals surface area (Å²) in [6.45, 7) is 0.103. The van der Waals surface area contributed by atoms with Crippen molar-refractivity contribution < 1.29 is 9.59 Å². The van der Waals surface area contributed by atoms with Crippen LogP contribution in [0.2, 0.25) is 0 Å². The van der Waals surface area contributed by atoms with Crippen molar-refractivity contribution in [1.82, 2.24) is 10.4 Å². The van der Waals surface area contributed by atoms with Crippen LogP contribution in [0.4, 0.5) is 11.4 Å². The number of thiocarbonyl (C=S) groups is 1. The summed E-state index contributed by atoms with van der Waals surface area (Å²) in [5, 5.41) is 1.17. The summed E-state index contributed by atoms with van der Waals surface area (Å²) in [5.74, 6) is -0.210. The summed E-state index contributed by atoms with van der Waals surface area (Å²) >= 11 is 8.04. The lowest BCUT2D eigenvalue weighted by molar-refractivity contribution is -0.133. The first-order valence-electron chi connectivity index (χ1n) is 7.56. The molecule has 0 unspecified atom stereocenters. The molecule has 1 saturated heterocycles. The van der Waals surface area contributed by atoms with Gasteiger partial charge in [-0.25, -0.2) is 5.01 Å².